The average Bonchev–Trinajstić information content (AvgIpc) is 3.30. The summed E-state index contributed by atoms with van der Waals surface area (Å²) in [6, 6.07) is 12.5. The van der Waals surface area contributed by atoms with Gasteiger partial charge < -0.3 is 9.73 Å². The Morgan fingerprint density at radius 3 is 2.67 bits per heavy atom. The molecule has 6 heteroatoms. The van der Waals surface area contributed by atoms with E-state index in [1.807, 2.05) is 12.1 Å². The van der Waals surface area contributed by atoms with Crippen LogP contribution >= 0.6 is 11.6 Å². The minimum Gasteiger partial charge on any atom is -0.408 e. The van der Waals surface area contributed by atoms with Crippen LogP contribution in [-0.4, -0.2) is 10.9 Å². The van der Waals surface area contributed by atoms with Gasteiger partial charge in [-0.2, -0.15) is 0 Å². The predicted octanol–water partition coefficient (Wildman–Crippen LogP) is 3.91. The maximum Gasteiger partial charge on any atom is 0.417 e. The van der Waals surface area contributed by atoms with Crippen LogP contribution in [0.3, 0.4) is 0 Å². The van der Waals surface area contributed by atoms with Gasteiger partial charge in [-0.05, 0) is 48.6 Å². The fourth-order valence-electron chi connectivity index (χ4n) is 2.98. The van der Waals surface area contributed by atoms with E-state index < -0.39 is 5.76 Å². The molecule has 1 amide bonds. The van der Waals surface area contributed by atoms with Crippen molar-refractivity contribution >= 4 is 34.3 Å². The van der Waals surface area contributed by atoms with Gasteiger partial charge in [0, 0.05) is 16.8 Å². The Balaban J connectivity index is 1.60. The summed E-state index contributed by atoms with van der Waals surface area (Å²) in [5.41, 5.74) is 2.60. The zero-order chi connectivity index (χ0) is 16.7. The molecule has 1 saturated carbocycles. The average molecular weight is 343 g/mol. The summed E-state index contributed by atoms with van der Waals surface area (Å²) in [6.45, 7) is 0. The lowest BCUT2D eigenvalue weighted by molar-refractivity contribution is -0.118. The summed E-state index contributed by atoms with van der Waals surface area (Å²) in [6.07, 6.45) is 2.10. The molecule has 0 saturated heterocycles. The molecule has 1 unspecified atom stereocenters. The third kappa shape index (κ3) is 2.95. The highest BCUT2D eigenvalue weighted by atomic mass is 35.5. The molecule has 122 valence electrons. The Labute approximate surface area is 142 Å². The van der Waals surface area contributed by atoms with Crippen LogP contribution in [0.1, 0.15) is 24.3 Å². The second kappa shape index (κ2) is 5.83. The van der Waals surface area contributed by atoms with Gasteiger partial charge in [-0.1, -0.05) is 23.7 Å². The van der Waals surface area contributed by atoms with Gasteiger partial charge in [0.1, 0.15) is 0 Å². The summed E-state index contributed by atoms with van der Waals surface area (Å²) >= 11 is 5.94. The molecule has 24 heavy (non-hydrogen) atoms. The molecular formula is C18H15ClN2O3. The van der Waals surface area contributed by atoms with E-state index in [2.05, 4.69) is 10.3 Å². The molecule has 2 N–H and O–H groups in total. The quantitative estimate of drug-likeness (QED) is 0.754. The minimum absolute atomic E-state index is 0.0583. The molecular weight excluding hydrogens is 328 g/mol. The van der Waals surface area contributed by atoms with Gasteiger partial charge in [0.25, 0.3) is 0 Å². The number of aromatic nitrogens is 1. The highest BCUT2D eigenvalue weighted by Crippen LogP contribution is 2.43. The number of aromatic amines is 1. The first-order valence-electron chi connectivity index (χ1n) is 7.79. The Bertz CT molecular complexity index is 954. The first kappa shape index (κ1) is 15.0. The van der Waals surface area contributed by atoms with Crippen LogP contribution in [-0.2, 0) is 4.79 Å². The molecule has 0 aliphatic heterocycles. The second-order valence-electron chi connectivity index (χ2n) is 6.08. The van der Waals surface area contributed by atoms with E-state index >= 15 is 0 Å². The molecule has 1 heterocycles. The van der Waals surface area contributed by atoms with Crippen LogP contribution in [0, 0.1) is 5.92 Å². The van der Waals surface area contributed by atoms with Gasteiger partial charge in [-0.25, -0.2) is 4.79 Å². The predicted molar refractivity (Wildman–Crippen MR) is 92.4 cm³/mol. The molecule has 1 aliphatic carbocycles. The molecule has 1 aliphatic rings. The molecule has 3 aromatic rings. The van der Waals surface area contributed by atoms with Gasteiger partial charge in [-0.3, -0.25) is 9.78 Å². The number of benzene rings is 2. The van der Waals surface area contributed by atoms with Gasteiger partial charge in [0.05, 0.1) is 11.4 Å². The van der Waals surface area contributed by atoms with Crippen molar-refractivity contribution in [1.29, 1.82) is 0 Å². The zero-order valence-electron chi connectivity index (χ0n) is 12.7. The number of carbonyl (C=O) groups excluding carboxylic acids is 1. The van der Waals surface area contributed by atoms with E-state index in [0.717, 1.165) is 18.4 Å². The summed E-state index contributed by atoms with van der Waals surface area (Å²) < 4.78 is 5.03. The molecule has 0 spiro atoms. The third-order valence-electron chi connectivity index (χ3n) is 4.29. The Hall–Kier alpha value is -2.53. The largest absolute Gasteiger partial charge is 0.417 e. The number of hydrogen-bond acceptors (Lipinski definition) is 3. The van der Waals surface area contributed by atoms with Crippen molar-refractivity contribution in [3.05, 3.63) is 63.6 Å². The first-order chi connectivity index (χ1) is 11.6. The number of anilines is 1. The lowest BCUT2D eigenvalue weighted by Crippen LogP contribution is -2.22. The lowest BCUT2D eigenvalue weighted by Gasteiger charge is -2.17. The van der Waals surface area contributed by atoms with Gasteiger partial charge in [0.15, 0.2) is 5.58 Å². The number of amides is 1. The molecule has 2 aromatic carbocycles. The monoisotopic (exact) mass is 342 g/mol. The summed E-state index contributed by atoms with van der Waals surface area (Å²) in [5.74, 6) is -0.404. The summed E-state index contributed by atoms with van der Waals surface area (Å²) in [7, 11) is 0. The van der Waals surface area contributed by atoms with Crippen molar-refractivity contribution in [3.8, 4) is 0 Å². The van der Waals surface area contributed by atoms with Crippen LogP contribution in [0.5, 0.6) is 0 Å². The van der Waals surface area contributed by atoms with Gasteiger partial charge in [-0.15, -0.1) is 0 Å². The van der Waals surface area contributed by atoms with Crippen LogP contribution in [0.4, 0.5) is 5.69 Å². The molecule has 4 rings (SSSR count). The second-order valence-corrected chi connectivity index (χ2v) is 6.52. The normalized spacial score (nSPS) is 15.4. The van der Waals surface area contributed by atoms with E-state index in [0.29, 0.717) is 27.7 Å². The number of oxazole rings is 1. The molecule has 5 nitrogen and oxygen atoms in total. The molecule has 1 aromatic heterocycles. The van der Waals surface area contributed by atoms with Crippen molar-refractivity contribution < 1.29 is 9.21 Å². The SMILES string of the molecule is O=C(Nc1ccc2[nH]c(=O)oc2c1)C(c1ccc(Cl)cc1)C1CC1. The van der Waals surface area contributed by atoms with E-state index in [-0.39, 0.29) is 11.8 Å². The van der Waals surface area contributed by atoms with E-state index in [9.17, 15) is 9.59 Å². The van der Waals surface area contributed by atoms with E-state index in [1.54, 1.807) is 30.3 Å². The number of halogens is 1. The van der Waals surface area contributed by atoms with Crippen LogP contribution in [0.15, 0.2) is 51.7 Å². The van der Waals surface area contributed by atoms with Gasteiger partial charge in [0.2, 0.25) is 5.91 Å². The molecule has 0 bridgehead atoms. The maximum atomic E-state index is 12.8. The Morgan fingerprint density at radius 2 is 1.96 bits per heavy atom. The zero-order valence-corrected chi connectivity index (χ0v) is 13.5. The Kier molecular flexibility index (Phi) is 3.65. The van der Waals surface area contributed by atoms with E-state index in [4.69, 9.17) is 16.0 Å². The summed E-state index contributed by atoms with van der Waals surface area (Å²) in [4.78, 5) is 26.6. The number of rotatable bonds is 4. The standard InChI is InChI=1S/C18H15ClN2O3/c19-12-5-3-11(4-6-12)16(10-1-2-10)17(22)20-13-7-8-14-15(9-13)24-18(23)21-14/h3-10,16H,1-2H2,(H,20,22)(H,21,23). The molecule has 0 radical (unpaired) electrons. The number of carbonyl (C=O) groups is 1. The number of hydrogen-bond donors (Lipinski definition) is 2. The lowest BCUT2D eigenvalue weighted by atomic mass is 9.93. The van der Waals surface area contributed by atoms with Crippen molar-refractivity contribution in [2.24, 2.45) is 5.92 Å². The van der Waals surface area contributed by atoms with E-state index in [1.165, 1.54) is 0 Å². The van der Waals surface area contributed by atoms with Crippen LogP contribution < -0.4 is 11.1 Å². The van der Waals surface area contributed by atoms with Crippen molar-refractivity contribution in [1.82, 2.24) is 4.98 Å². The molecule has 1 fully saturated rings. The topological polar surface area (TPSA) is 75.1 Å². The first-order valence-corrected chi connectivity index (χ1v) is 8.17. The minimum atomic E-state index is -0.509. The smallest absolute Gasteiger partial charge is 0.408 e. The fraction of sp³-hybridized carbons (Fsp3) is 0.222. The molecule has 1 atom stereocenters. The van der Waals surface area contributed by atoms with Crippen molar-refractivity contribution in [2.75, 3.05) is 5.32 Å². The Morgan fingerprint density at radius 1 is 1.21 bits per heavy atom. The number of nitrogens with one attached hydrogen (secondary N) is 2. The summed E-state index contributed by atoms with van der Waals surface area (Å²) in [5, 5.41) is 3.58. The van der Waals surface area contributed by atoms with Crippen molar-refractivity contribution in [2.45, 2.75) is 18.8 Å². The van der Waals surface area contributed by atoms with Crippen LogP contribution in [0.2, 0.25) is 5.02 Å². The highest BCUT2D eigenvalue weighted by molar-refractivity contribution is 6.30. The number of fused-ring (bicyclic) bond motifs is 1. The third-order valence-corrected chi connectivity index (χ3v) is 4.55. The van der Waals surface area contributed by atoms with Crippen LogP contribution in [0.25, 0.3) is 11.1 Å². The number of H-pyrrole nitrogens is 1. The van der Waals surface area contributed by atoms with Crippen molar-refractivity contribution in [3.63, 3.8) is 0 Å². The highest BCUT2D eigenvalue weighted by Gasteiger charge is 2.37. The van der Waals surface area contributed by atoms with Gasteiger partial charge >= 0.3 is 5.76 Å². The maximum absolute atomic E-state index is 12.8. The fourth-order valence-corrected chi connectivity index (χ4v) is 3.11.